The zero-order chi connectivity index (χ0) is 14.8. The first-order valence-corrected chi connectivity index (χ1v) is 9.29. The third-order valence-corrected chi connectivity index (χ3v) is 7.64. The average Bonchev–Trinajstić information content (AvgIpc) is 2.09. The van der Waals surface area contributed by atoms with Gasteiger partial charge in [0.25, 0.3) is 0 Å². The molecular formula is C13H29NO3Si. The summed E-state index contributed by atoms with van der Waals surface area (Å²) in [6, 6.07) is -0.710. The summed E-state index contributed by atoms with van der Waals surface area (Å²) in [5.41, 5.74) is 5.29. The monoisotopic (exact) mass is 275 g/mol. The van der Waals surface area contributed by atoms with Crippen LogP contribution in [0.2, 0.25) is 18.1 Å². The van der Waals surface area contributed by atoms with Gasteiger partial charge in [0.15, 0.2) is 8.32 Å². The Hall–Kier alpha value is -0.393. The van der Waals surface area contributed by atoms with Crippen LogP contribution in [0.3, 0.4) is 0 Å². The normalized spacial score (nSPS) is 15.4. The first-order chi connectivity index (χ1) is 7.76. The van der Waals surface area contributed by atoms with E-state index in [4.69, 9.17) is 14.9 Å². The Labute approximate surface area is 112 Å². The third-order valence-electron chi connectivity index (χ3n) is 3.14. The van der Waals surface area contributed by atoms with Crippen molar-refractivity contribution in [1.82, 2.24) is 0 Å². The van der Waals surface area contributed by atoms with Gasteiger partial charge < -0.3 is 14.9 Å². The average molecular weight is 275 g/mol. The van der Waals surface area contributed by atoms with Crippen LogP contribution in [-0.4, -0.2) is 32.5 Å². The van der Waals surface area contributed by atoms with Crippen LogP contribution >= 0.6 is 0 Å². The zero-order valence-electron chi connectivity index (χ0n) is 13.1. The van der Waals surface area contributed by atoms with Crippen LogP contribution in [0.25, 0.3) is 0 Å². The SMILES string of the molecule is CC(C)(C)OC(=O)C(N)CO[Si](C)(C)C(C)(C)C. The molecule has 0 aromatic heterocycles. The molecule has 0 saturated heterocycles. The number of rotatable bonds is 4. The van der Waals surface area contributed by atoms with Crippen LogP contribution in [-0.2, 0) is 14.0 Å². The summed E-state index contributed by atoms with van der Waals surface area (Å²) in [5.74, 6) is -0.402. The molecule has 0 rings (SSSR count). The molecule has 4 nitrogen and oxygen atoms in total. The fraction of sp³-hybridized carbons (Fsp3) is 0.923. The second-order valence-corrected chi connectivity index (χ2v) is 12.0. The number of carbonyl (C=O) groups is 1. The van der Waals surface area contributed by atoms with E-state index in [1.54, 1.807) is 0 Å². The molecule has 1 atom stereocenters. The van der Waals surface area contributed by atoms with E-state index in [2.05, 4.69) is 33.9 Å². The molecule has 0 aromatic rings. The van der Waals surface area contributed by atoms with Crippen molar-refractivity contribution >= 4 is 14.3 Å². The highest BCUT2D eigenvalue weighted by Gasteiger charge is 2.38. The highest BCUT2D eigenvalue weighted by molar-refractivity contribution is 6.74. The Bertz CT molecular complexity index is 290. The standard InChI is InChI=1S/C13H29NO3Si/c1-12(2,3)17-11(15)10(14)9-16-18(7,8)13(4,5)6/h10H,9,14H2,1-8H3. The Morgan fingerprint density at radius 2 is 1.61 bits per heavy atom. The number of ether oxygens (including phenoxy) is 1. The van der Waals surface area contributed by atoms with Crippen LogP contribution in [0, 0.1) is 0 Å². The van der Waals surface area contributed by atoms with Gasteiger partial charge in [0.1, 0.15) is 11.6 Å². The van der Waals surface area contributed by atoms with E-state index in [0.29, 0.717) is 0 Å². The van der Waals surface area contributed by atoms with Crippen molar-refractivity contribution in [3.63, 3.8) is 0 Å². The van der Waals surface area contributed by atoms with E-state index < -0.39 is 25.9 Å². The lowest BCUT2D eigenvalue weighted by molar-refractivity contribution is -0.157. The third kappa shape index (κ3) is 5.98. The molecule has 0 aliphatic heterocycles. The minimum absolute atomic E-state index is 0.112. The Balaban J connectivity index is 4.35. The lowest BCUT2D eigenvalue weighted by Crippen LogP contribution is -2.47. The highest BCUT2D eigenvalue weighted by Crippen LogP contribution is 2.36. The van der Waals surface area contributed by atoms with Crippen molar-refractivity contribution in [2.24, 2.45) is 5.73 Å². The first-order valence-electron chi connectivity index (χ1n) is 6.39. The van der Waals surface area contributed by atoms with Crippen LogP contribution in [0.4, 0.5) is 0 Å². The minimum Gasteiger partial charge on any atom is -0.459 e. The van der Waals surface area contributed by atoms with Gasteiger partial charge in [-0.05, 0) is 38.9 Å². The van der Waals surface area contributed by atoms with Crippen molar-refractivity contribution in [2.45, 2.75) is 71.3 Å². The van der Waals surface area contributed by atoms with Crippen molar-refractivity contribution in [3.8, 4) is 0 Å². The summed E-state index contributed by atoms with van der Waals surface area (Å²) in [5, 5.41) is 0.112. The van der Waals surface area contributed by atoms with Gasteiger partial charge in [-0.25, -0.2) is 0 Å². The van der Waals surface area contributed by atoms with Gasteiger partial charge in [0, 0.05) is 0 Å². The topological polar surface area (TPSA) is 61.5 Å². The molecular weight excluding hydrogens is 246 g/mol. The predicted molar refractivity (Wildman–Crippen MR) is 77.0 cm³/mol. The van der Waals surface area contributed by atoms with E-state index in [0.717, 1.165) is 0 Å². The van der Waals surface area contributed by atoms with Crippen LogP contribution in [0.1, 0.15) is 41.5 Å². The van der Waals surface area contributed by atoms with Gasteiger partial charge in [-0.15, -0.1) is 0 Å². The molecule has 1 unspecified atom stereocenters. The molecule has 2 N–H and O–H groups in total. The lowest BCUT2D eigenvalue weighted by atomic mass is 10.2. The number of hydrogen-bond donors (Lipinski definition) is 1. The summed E-state index contributed by atoms with van der Waals surface area (Å²) in [7, 11) is -1.86. The van der Waals surface area contributed by atoms with Crippen molar-refractivity contribution in [3.05, 3.63) is 0 Å². The van der Waals surface area contributed by atoms with E-state index in [-0.39, 0.29) is 11.6 Å². The van der Waals surface area contributed by atoms with Gasteiger partial charge in [0.05, 0.1) is 6.61 Å². The van der Waals surface area contributed by atoms with Gasteiger partial charge in [-0.3, -0.25) is 4.79 Å². The number of esters is 1. The molecule has 0 aliphatic carbocycles. The molecule has 108 valence electrons. The maximum Gasteiger partial charge on any atom is 0.325 e. The second-order valence-electron chi connectivity index (χ2n) is 7.21. The van der Waals surface area contributed by atoms with Gasteiger partial charge in [-0.2, -0.15) is 0 Å². The Kier molecular flexibility index (Phi) is 5.59. The molecule has 0 fully saturated rings. The van der Waals surface area contributed by atoms with Gasteiger partial charge >= 0.3 is 5.97 Å². The number of hydrogen-bond acceptors (Lipinski definition) is 4. The summed E-state index contributed by atoms with van der Waals surface area (Å²) in [6.45, 7) is 16.4. The molecule has 5 heteroatoms. The quantitative estimate of drug-likeness (QED) is 0.633. The molecule has 0 amide bonds. The molecule has 0 radical (unpaired) electrons. The van der Waals surface area contributed by atoms with Crippen LogP contribution < -0.4 is 5.73 Å². The molecule has 0 spiro atoms. The van der Waals surface area contributed by atoms with Gasteiger partial charge in [-0.1, -0.05) is 20.8 Å². The fourth-order valence-electron chi connectivity index (χ4n) is 0.960. The summed E-state index contributed by atoms with van der Waals surface area (Å²) >= 11 is 0. The highest BCUT2D eigenvalue weighted by atomic mass is 28.4. The van der Waals surface area contributed by atoms with Crippen LogP contribution in [0.15, 0.2) is 0 Å². The maximum absolute atomic E-state index is 11.7. The Morgan fingerprint density at radius 1 is 1.17 bits per heavy atom. The fourth-order valence-corrected chi connectivity index (χ4v) is 1.99. The predicted octanol–water partition coefficient (Wildman–Crippen LogP) is 2.68. The molecule has 0 saturated carbocycles. The first kappa shape index (κ1) is 17.6. The maximum atomic E-state index is 11.7. The zero-order valence-corrected chi connectivity index (χ0v) is 14.1. The van der Waals surface area contributed by atoms with Crippen molar-refractivity contribution in [2.75, 3.05) is 6.61 Å². The summed E-state index contributed by atoms with van der Waals surface area (Å²) < 4.78 is 11.1. The van der Waals surface area contributed by atoms with E-state index >= 15 is 0 Å². The minimum atomic E-state index is -1.86. The lowest BCUT2D eigenvalue weighted by Gasteiger charge is -2.36. The summed E-state index contributed by atoms with van der Waals surface area (Å²) in [6.07, 6.45) is 0. The molecule has 0 heterocycles. The smallest absolute Gasteiger partial charge is 0.325 e. The van der Waals surface area contributed by atoms with E-state index in [9.17, 15) is 4.79 Å². The number of nitrogens with two attached hydrogens (primary N) is 1. The second kappa shape index (κ2) is 5.71. The molecule has 0 aliphatic rings. The molecule has 0 bridgehead atoms. The Morgan fingerprint density at radius 3 is 1.94 bits per heavy atom. The molecule has 18 heavy (non-hydrogen) atoms. The largest absolute Gasteiger partial charge is 0.459 e. The van der Waals surface area contributed by atoms with Crippen LogP contribution in [0.5, 0.6) is 0 Å². The van der Waals surface area contributed by atoms with E-state index in [1.165, 1.54) is 0 Å². The molecule has 0 aromatic carbocycles. The van der Waals surface area contributed by atoms with Crippen molar-refractivity contribution < 1.29 is 14.0 Å². The number of carbonyl (C=O) groups excluding carboxylic acids is 1. The summed E-state index contributed by atoms with van der Waals surface area (Å²) in [4.78, 5) is 11.7. The van der Waals surface area contributed by atoms with Crippen molar-refractivity contribution in [1.29, 1.82) is 0 Å². The van der Waals surface area contributed by atoms with Gasteiger partial charge in [0.2, 0.25) is 0 Å². The van der Waals surface area contributed by atoms with E-state index in [1.807, 2.05) is 20.8 Å².